The lowest BCUT2D eigenvalue weighted by atomic mass is 10.1. The first-order valence-electron chi connectivity index (χ1n) is 5.70. The molecule has 0 N–H and O–H groups in total. The molecular formula is C15H9F2NO2. The van der Waals surface area contributed by atoms with Crippen molar-refractivity contribution >= 4 is 6.29 Å². The molecule has 0 aliphatic rings. The molecule has 100 valence electrons. The summed E-state index contributed by atoms with van der Waals surface area (Å²) in [5.41, 5.74) is 0.660. The summed E-state index contributed by atoms with van der Waals surface area (Å²) < 4.78 is 31.9. The normalized spacial score (nSPS) is 9.85. The van der Waals surface area contributed by atoms with Crippen LogP contribution in [0.15, 0.2) is 36.4 Å². The van der Waals surface area contributed by atoms with E-state index in [-0.39, 0.29) is 23.5 Å². The number of nitriles is 1. The first-order chi connectivity index (χ1) is 9.63. The van der Waals surface area contributed by atoms with Crippen molar-refractivity contribution in [2.24, 2.45) is 0 Å². The van der Waals surface area contributed by atoms with Crippen LogP contribution >= 0.6 is 0 Å². The van der Waals surface area contributed by atoms with Gasteiger partial charge >= 0.3 is 0 Å². The van der Waals surface area contributed by atoms with Gasteiger partial charge in [-0.3, -0.25) is 4.79 Å². The molecule has 2 rings (SSSR count). The molecule has 0 aliphatic carbocycles. The number of halogens is 2. The van der Waals surface area contributed by atoms with Crippen LogP contribution < -0.4 is 4.74 Å². The van der Waals surface area contributed by atoms with E-state index in [4.69, 9.17) is 10.00 Å². The van der Waals surface area contributed by atoms with Crippen molar-refractivity contribution in [3.05, 3.63) is 64.7 Å². The summed E-state index contributed by atoms with van der Waals surface area (Å²) in [6.07, 6.45) is 0.534. The summed E-state index contributed by atoms with van der Waals surface area (Å²) >= 11 is 0. The minimum atomic E-state index is -0.655. The van der Waals surface area contributed by atoms with Gasteiger partial charge in [-0.05, 0) is 35.9 Å². The summed E-state index contributed by atoms with van der Waals surface area (Å²) in [6, 6.07) is 9.50. The SMILES string of the molecule is N#Cc1cc(COc2ccc(C=O)cc2F)ccc1F. The van der Waals surface area contributed by atoms with Crippen LogP contribution in [0.25, 0.3) is 0 Å². The molecule has 0 saturated heterocycles. The van der Waals surface area contributed by atoms with Crippen LogP contribution in [0.5, 0.6) is 5.75 Å². The fourth-order valence-electron chi connectivity index (χ4n) is 1.62. The van der Waals surface area contributed by atoms with Crippen LogP contribution in [0, 0.1) is 23.0 Å². The summed E-state index contributed by atoms with van der Waals surface area (Å²) in [5.74, 6) is -1.28. The number of carbonyl (C=O) groups is 1. The predicted molar refractivity (Wildman–Crippen MR) is 67.2 cm³/mol. The zero-order valence-electron chi connectivity index (χ0n) is 10.3. The predicted octanol–water partition coefficient (Wildman–Crippen LogP) is 3.23. The fourth-order valence-corrected chi connectivity index (χ4v) is 1.62. The zero-order valence-corrected chi connectivity index (χ0v) is 10.3. The summed E-state index contributed by atoms with van der Waals surface area (Å²) in [7, 11) is 0. The van der Waals surface area contributed by atoms with Gasteiger partial charge in [0.2, 0.25) is 0 Å². The Morgan fingerprint density at radius 2 is 1.95 bits per heavy atom. The molecule has 0 aliphatic heterocycles. The molecule has 3 nitrogen and oxygen atoms in total. The lowest BCUT2D eigenvalue weighted by Gasteiger charge is -2.08. The summed E-state index contributed by atoms with van der Waals surface area (Å²) in [5, 5.41) is 8.71. The van der Waals surface area contributed by atoms with Crippen LogP contribution in [0.3, 0.4) is 0 Å². The molecule has 0 unspecified atom stereocenters. The molecule has 0 atom stereocenters. The van der Waals surface area contributed by atoms with Crippen molar-refractivity contribution in [1.82, 2.24) is 0 Å². The van der Waals surface area contributed by atoms with Gasteiger partial charge < -0.3 is 4.74 Å². The second-order valence-corrected chi connectivity index (χ2v) is 4.02. The van der Waals surface area contributed by atoms with Crippen LogP contribution in [-0.2, 0) is 6.61 Å². The molecule has 2 aromatic rings. The van der Waals surface area contributed by atoms with Gasteiger partial charge in [0.15, 0.2) is 11.6 Å². The van der Waals surface area contributed by atoms with Gasteiger partial charge in [0.05, 0.1) is 5.56 Å². The lowest BCUT2D eigenvalue weighted by Crippen LogP contribution is -1.99. The third-order valence-corrected chi connectivity index (χ3v) is 2.64. The second-order valence-electron chi connectivity index (χ2n) is 4.02. The largest absolute Gasteiger partial charge is 0.486 e. The Morgan fingerprint density at radius 3 is 2.60 bits per heavy atom. The highest BCUT2D eigenvalue weighted by Crippen LogP contribution is 2.19. The Balaban J connectivity index is 2.13. The number of carbonyl (C=O) groups excluding carboxylic acids is 1. The number of hydrogen-bond donors (Lipinski definition) is 0. The van der Waals surface area contributed by atoms with Crippen molar-refractivity contribution < 1.29 is 18.3 Å². The fraction of sp³-hybridized carbons (Fsp3) is 0.0667. The summed E-state index contributed by atoms with van der Waals surface area (Å²) in [4.78, 5) is 10.5. The Bertz CT molecular complexity index is 693. The van der Waals surface area contributed by atoms with Crippen molar-refractivity contribution in [3.63, 3.8) is 0 Å². The number of nitrogens with zero attached hydrogens (tertiary/aromatic N) is 1. The molecule has 0 fully saturated rings. The first kappa shape index (κ1) is 13.7. The highest BCUT2D eigenvalue weighted by Gasteiger charge is 2.07. The average Bonchev–Trinajstić information content (AvgIpc) is 2.47. The second kappa shape index (κ2) is 5.93. The van der Waals surface area contributed by atoms with E-state index in [1.54, 1.807) is 6.07 Å². The number of benzene rings is 2. The number of rotatable bonds is 4. The van der Waals surface area contributed by atoms with E-state index in [1.807, 2.05) is 0 Å². The Hall–Kier alpha value is -2.74. The molecule has 5 heteroatoms. The molecule has 0 radical (unpaired) electrons. The third-order valence-electron chi connectivity index (χ3n) is 2.64. The van der Waals surface area contributed by atoms with E-state index in [0.29, 0.717) is 11.8 Å². The quantitative estimate of drug-likeness (QED) is 0.803. The maximum atomic E-state index is 13.6. The molecule has 2 aromatic carbocycles. The molecule has 0 bridgehead atoms. The Kier molecular flexibility index (Phi) is 4.06. The molecule has 0 heterocycles. The van der Waals surface area contributed by atoms with Gasteiger partial charge in [0, 0.05) is 5.56 Å². The number of ether oxygens (including phenoxy) is 1. The smallest absolute Gasteiger partial charge is 0.165 e. The van der Waals surface area contributed by atoms with Gasteiger partial charge in [-0.2, -0.15) is 5.26 Å². The first-order valence-corrected chi connectivity index (χ1v) is 5.70. The molecule has 0 amide bonds. The van der Waals surface area contributed by atoms with E-state index in [9.17, 15) is 13.6 Å². The molecule has 0 saturated carbocycles. The van der Waals surface area contributed by atoms with Crippen LogP contribution in [0.4, 0.5) is 8.78 Å². The third kappa shape index (κ3) is 2.98. The average molecular weight is 273 g/mol. The van der Waals surface area contributed by atoms with E-state index in [0.717, 1.165) is 12.1 Å². The van der Waals surface area contributed by atoms with Crippen molar-refractivity contribution in [1.29, 1.82) is 5.26 Å². The molecular weight excluding hydrogens is 264 g/mol. The van der Waals surface area contributed by atoms with E-state index < -0.39 is 11.6 Å². The van der Waals surface area contributed by atoms with E-state index in [1.165, 1.54) is 24.3 Å². The maximum absolute atomic E-state index is 13.6. The molecule has 0 aromatic heterocycles. The van der Waals surface area contributed by atoms with E-state index in [2.05, 4.69) is 0 Å². The van der Waals surface area contributed by atoms with Gasteiger partial charge in [-0.15, -0.1) is 0 Å². The van der Waals surface area contributed by atoms with Crippen molar-refractivity contribution in [2.75, 3.05) is 0 Å². The Morgan fingerprint density at radius 1 is 1.15 bits per heavy atom. The van der Waals surface area contributed by atoms with Gasteiger partial charge in [0.25, 0.3) is 0 Å². The monoisotopic (exact) mass is 273 g/mol. The zero-order chi connectivity index (χ0) is 14.5. The van der Waals surface area contributed by atoms with E-state index >= 15 is 0 Å². The number of hydrogen-bond acceptors (Lipinski definition) is 3. The van der Waals surface area contributed by atoms with Gasteiger partial charge in [0.1, 0.15) is 24.8 Å². The highest BCUT2D eigenvalue weighted by molar-refractivity contribution is 5.74. The van der Waals surface area contributed by atoms with Gasteiger partial charge in [-0.25, -0.2) is 8.78 Å². The van der Waals surface area contributed by atoms with Crippen molar-refractivity contribution in [2.45, 2.75) is 6.61 Å². The number of aldehydes is 1. The highest BCUT2D eigenvalue weighted by atomic mass is 19.1. The lowest BCUT2D eigenvalue weighted by molar-refractivity contribution is 0.112. The maximum Gasteiger partial charge on any atom is 0.165 e. The molecule has 20 heavy (non-hydrogen) atoms. The Labute approximate surface area is 114 Å². The van der Waals surface area contributed by atoms with Crippen molar-refractivity contribution in [3.8, 4) is 11.8 Å². The minimum absolute atomic E-state index is 0.00762. The summed E-state index contributed by atoms with van der Waals surface area (Å²) in [6.45, 7) is -0.00762. The standard InChI is InChI=1S/C15H9F2NO2/c16-13-3-1-11(5-12(13)7-18)9-20-15-4-2-10(8-19)6-14(15)17/h1-6,8H,9H2. The van der Waals surface area contributed by atoms with Crippen LogP contribution in [0.1, 0.15) is 21.5 Å². The van der Waals surface area contributed by atoms with Crippen LogP contribution in [0.2, 0.25) is 0 Å². The van der Waals surface area contributed by atoms with Crippen LogP contribution in [-0.4, -0.2) is 6.29 Å². The minimum Gasteiger partial charge on any atom is -0.486 e. The topological polar surface area (TPSA) is 50.1 Å². The molecule has 0 spiro atoms. The van der Waals surface area contributed by atoms with Gasteiger partial charge in [-0.1, -0.05) is 6.07 Å².